The van der Waals surface area contributed by atoms with Gasteiger partial charge in [-0.2, -0.15) is 0 Å². The Morgan fingerprint density at radius 3 is 2.72 bits per heavy atom. The predicted molar refractivity (Wildman–Crippen MR) is 110 cm³/mol. The number of amides is 1. The molecule has 0 radical (unpaired) electrons. The number of nitrogens with zero attached hydrogens (tertiary/aromatic N) is 1. The number of anilines is 1. The summed E-state index contributed by atoms with van der Waals surface area (Å²) in [4.78, 5) is 19.2. The van der Waals surface area contributed by atoms with E-state index >= 15 is 0 Å². The molecule has 0 fully saturated rings. The summed E-state index contributed by atoms with van der Waals surface area (Å²) in [6.07, 6.45) is 1.73. The molecule has 2 heterocycles. The molecule has 1 aliphatic heterocycles. The summed E-state index contributed by atoms with van der Waals surface area (Å²) in [7, 11) is 0. The van der Waals surface area contributed by atoms with E-state index in [2.05, 4.69) is 15.3 Å². The number of ether oxygens (including phenoxy) is 1. The van der Waals surface area contributed by atoms with E-state index in [9.17, 15) is 9.18 Å². The predicted octanol–water partition coefficient (Wildman–Crippen LogP) is 4.40. The standard InChI is InChI=1S/C21H19FN4O2S/c1-11-7-14(8-16-19(11)28-10-17(27)26-16)18(23)20(13-3-5-15(22)6-4-13)29-21-24-9-12(2)25-21/h3-9,20,23H,10H2,1-2H3,(H,24,25)(H,26,27). The highest BCUT2D eigenvalue weighted by Crippen LogP contribution is 2.39. The Balaban J connectivity index is 1.73. The first-order chi connectivity index (χ1) is 13.9. The lowest BCUT2D eigenvalue weighted by atomic mass is 9.98. The summed E-state index contributed by atoms with van der Waals surface area (Å²) in [5.41, 5.74) is 4.06. The number of imidazole rings is 1. The quantitative estimate of drug-likeness (QED) is 0.430. The molecule has 3 N–H and O–H groups in total. The minimum absolute atomic E-state index is 0.0173. The van der Waals surface area contributed by atoms with Crippen LogP contribution in [0, 0.1) is 25.1 Å². The number of halogens is 1. The molecule has 1 aromatic heterocycles. The highest BCUT2D eigenvalue weighted by Gasteiger charge is 2.25. The number of carbonyl (C=O) groups is 1. The first kappa shape index (κ1) is 19.2. The largest absolute Gasteiger partial charge is 0.481 e. The maximum absolute atomic E-state index is 13.4. The Morgan fingerprint density at radius 2 is 2.03 bits per heavy atom. The van der Waals surface area contributed by atoms with E-state index < -0.39 is 5.25 Å². The first-order valence-corrected chi connectivity index (χ1v) is 9.88. The van der Waals surface area contributed by atoms with Crippen LogP contribution in [0.25, 0.3) is 0 Å². The third-order valence-electron chi connectivity index (χ3n) is 4.55. The van der Waals surface area contributed by atoms with Gasteiger partial charge in [0.25, 0.3) is 5.91 Å². The number of rotatable bonds is 5. The lowest BCUT2D eigenvalue weighted by Gasteiger charge is -2.23. The van der Waals surface area contributed by atoms with Crippen molar-refractivity contribution in [2.45, 2.75) is 24.3 Å². The summed E-state index contributed by atoms with van der Waals surface area (Å²) in [6, 6.07) is 9.72. The van der Waals surface area contributed by atoms with Gasteiger partial charge >= 0.3 is 0 Å². The maximum atomic E-state index is 13.4. The van der Waals surface area contributed by atoms with Gasteiger partial charge in [0.2, 0.25) is 0 Å². The Kier molecular flexibility index (Phi) is 5.10. The fraction of sp³-hybridized carbons (Fsp3) is 0.190. The van der Waals surface area contributed by atoms with Crippen molar-refractivity contribution in [2.24, 2.45) is 0 Å². The summed E-state index contributed by atoms with van der Waals surface area (Å²) in [6.45, 7) is 3.77. The second kappa shape index (κ2) is 7.71. The zero-order valence-corrected chi connectivity index (χ0v) is 16.7. The van der Waals surface area contributed by atoms with Crippen LogP contribution < -0.4 is 10.1 Å². The molecular formula is C21H19FN4O2S. The van der Waals surface area contributed by atoms with Crippen LogP contribution in [-0.2, 0) is 4.79 Å². The molecule has 1 aliphatic rings. The van der Waals surface area contributed by atoms with E-state index in [4.69, 9.17) is 10.1 Å². The van der Waals surface area contributed by atoms with Crippen molar-refractivity contribution in [2.75, 3.05) is 11.9 Å². The van der Waals surface area contributed by atoms with Crippen molar-refractivity contribution in [1.29, 1.82) is 5.41 Å². The monoisotopic (exact) mass is 410 g/mol. The molecule has 2 aromatic carbocycles. The number of hydrogen-bond donors (Lipinski definition) is 3. The molecule has 29 heavy (non-hydrogen) atoms. The van der Waals surface area contributed by atoms with Gasteiger partial charge in [-0.3, -0.25) is 4.79 Å². The molecular weight excluding hydrogens is 391 g/mol. The molecule has 0 bridgehead atoms. The van der Waals surface area contributed by atoms with Gasteiger partial charge in [0.15, 0.2) is 11.8 Å². The van der Waals surface area contributed by atoms with Crippen molar-refractivity contribution >= 4 is 29.1 Å². The van der Waals surface area contributed by atoms with Crippen LogP contribution in [0.3, 0.4) is 0 Å². The highest BCUT2D eigenvalue weighted by atomic mass is 32.2. The normalized spacial score (nSPS) is 14.0. The van der Waals surface area contributed by atoms with Gasteiger partial charge < -0.3 is 20.4 Å². The van der Waals surface area contributed by atoms with Gasteiger partial charge in [-0.25, -0.2) is 9.37 Å². The van der Waals surface area contributed by atoms with Crippen LogP contribution in [0.1, 0.15) is 27.6 Å². The van der Waals surface area contributed by atoms with Gasteiger partial charge in [-0.05, 0) is 54.8 Å². The van der Waals surface area contributed by atoms with Crippen molar-refractivity contribution in [3.63, 3.8) is 0 Å². The lowest BCUT2D eigenvalue weighted by molar-refractivity contribution is -0.118. The molecule has 1 unspecified atom stereocenters. The van der Waals surface area contributed by atoms with Crippen molar-refractivity contribution < 1.29 is 13.9 Å². The van der Waals surface area contributed by atoms with Gasteiger partial charge in [-0.15, -0.1) is 0 Å². The number of H-pyrrole nitrogens is 1. The number of benzene rings is 2. The van der Waals surface area contributed by atoms with Gasteiger partial charge in [-0.1, -0.05) is 23.9 Å². The van der Waals surface area contributed by atoms with Crippen LogP contribution >= 0.6 is 11.8 Å². The molecule has 148 valence electrons. The lowest BCUT2D eigenvalue weighted by Crippen LogP contribution is -2.26. The van der Waals surface area contributed by atoms with E-state index in [1.807, 2.05) is 19.9 Å². The number of aromatic nitrogens is 2. The Morgan fingerprint density at radius 1 is 1.28 bits per heavy atom. The zero-order chi connectivity index (χ0) is 20.5. The fourth-order valence-corrected chi connectivity index (χ4v) is 4.28. The molecule has 0 aliphatic carbocycles. The summed E-state index contributed by atoms with van der Waals surface area (Å²) in [5.74, 6) is 0.0623. The van der Waals surface area contributed by atoms with Crippen molar-refractivity contribution in [3.05, 3.63) is 70.8 Å². The fourth-order valence-electron chi connectivity index (χ4n) is 3.18. The number of aromatic amines is 1. The summed E-state index contributed by atoms with van der Waals surface area (Å²) >= 11 is 1.38. The molecule has 4 rings (SSSR count). The topological polar surface area (TPSA) is 90.9 Å². The summed E-state index contributed by atoms with van der Waals surface area (Å²) < 4.78 is 19.0. The van der Waals surface area contributed by atoms with E-state index in [1.165, 1.54) is 23.9 Å². The molecule has 6 nitrogen and oxygen atoms in total. The third kappa shape index (κ3) is 4.02. The van der Waals surface area contributed by atoms with Gasteiger partial charge in [0, 0.05) is 11.9 Å². The van der Waals surface area contributed by atoms with E-state index in [1.54, 1.807) is 24.4 Å². The average Bonchev–Trinajstić information content (AvgIpc) is 3.11. The number of nitrogens with one attached hydrogen (secondary N) is 3. The second-order valence-corrected chi connectivity index (χ2v) is 7.93. The van der Waals surface area contributed by atoms with Gasteiger partial charge in [0.1, 0.15) is 11.6 Å². The maximum Gasteiger partial charge on any atom is 0.262 e. The minimum atomic E-state index is -0.418. The number of fused-ring (bicyclic) bond motifs is 1. The van der Waals surface area contributed by atoms with Crippen molar-refractivity contribution in [1.82, 2.24) is 9.97 Å². The number of thioether (sulfide) groups is 1. The highest BCUT2D eigenvalue weighted by molar-refractivity contribution is 8.00. The van der Waals surface area contributed by atoms with E-state index in [0.29, 0.717) is 27.9 Å². The Labute approximate surface area is 171 Å². The zero-order valence-electron chi connectivity index (χ0n) is 15.9. The SMILES string of the molecule is Cc1cnc(SC(C(=N)c2cc(C)c3c(c2)NC(=O)CO3)c2ccc(F)cc2)[nH]1. The number of aryl methyl sites for hydroxylation is 2. The van der Waals surface area contributed by atoms with Crippen LogP contribution in [0.5, 0.6) is 5.75 Å². The Bertz CT molecular complexity index is 1090. The molecule has 0 saturated carbocycles. The minimum Gasteiger partial charge on any atom is -0.481 e. The molecule has 0 saturated heterocycles. The van der Waals surface area contributed by atoms with Crippen LogP contribution in [0.4, 0.5) is 10.1 Å². The smallest absolute Gasteiger partial charge is 0.262 e. The first-order valence-electron chi connectivity index (χ1n) is 9.00. The molecule has 0 spiro atoms. The van der Waals surface area contributed by atoms with Crippen LogP contribution in [0.15, 0.2) is 47.8 Å². The third-order valence-corrected chi connectivity index (χ3v) is 5.73. The number of hydrogen-bond acceptors (Lipinski definition) is 5. The van der Waals surface area contributed by atoms with Gasteiger partial charge in [0.05, 0.1) is 16.6 Å². The number of carbonyl (C=O) groups excluding carboxylic acids is 1. The molecule has 1 amide bonds. The molecule has 1 atom stereocenters. The van der Waals surface area contributed by atoms with E-state index in [-0.39, 0.29) is 18.3 Å². The summed E-state index contributed by atoms with van der Waals surface area (Å²) in [5, 5.41) is 11.9. The van der Waals surface area contributed by atoms with Crippen molar-refractivity contribution in [3.8, 4) is 5.75 Å². The second-order valence-electron chi connectivity index (χ2n) is 6.84. The Hall–Kier alpha value is -3.13. The van der Waals surface area contributed by atoms with Crippen LogP contribution in [-0.4, -0.2) is 28.2 Å². The van der Waals surface area contributed by atoms with Crippen LogP contribution in [0.2, 0.25) is 0 Å². The molecule has 8 heteroatoms. The van der Waals surface area contributed by atoms with E-state index in [0.717, 1.165) is 16.8 Å². The average molecular weight is 410 g/mol. The molecule has 3 aromatic rings.